The molecule has 0 aliphatic rings. The van der Waals surface area contributed by atoms with Crippen molar-refractivity contribution >= 4 is 21.4 Å². The molecule has 2 heterocycles. The number of hydrogen-bond donors (Lipinski definition) is 1. The number of hydrogen-bond acceptors (Lipinski definition) is 3. The quantitative estimate of drug-likeness (QED) is 0.547. The highest BCUT2D eigenvalue weighted by molar-refractivity contribution is 7.92. The topological polar surface area (TPSA) is 63.5 Å². The summed E-state index contributed by atoms with van der Waals surface area (Å²) in [4.78, 5) is 4.93. The molecule has 0 amide bonds. The number of benzene rings is 2. The first-order chi connectivity index (χ1) is 13.3. The smallest absolute Gasteiger partial charge is 0.262 e. The van der Waals surface area contributed by atoms with Gasteiger partial charge in [0.25, 0.3) is 10.0 Å². The van der Waals surface area contributed by atoms with Crippen LogP contribution in [0.5, 0.6) is 0 Å². The second kappa shape index (κ2) is 6.80. The van der Waals surface area contributed by atoms with Crippen molar-refractivity contribution in [1.82, 2.24) is 9.38 Å². The van der Waals surface area contributed by atoms with Crippen molar-refractivity contribution in [3.63, 3.8) is 0 Å². The first kappa shape index (κ1) is 18.3. The largest absolute Gasteiger partial charge is 0.306 e. The number of aromatic nitrogens is 2. The number of pyridine rings is 1. The van der Waals surface area contributed by atoms with Gasteiger partial charge in [0, 0.05) is 23.6 Å². The molecule has 0 aliphatic carbocycles. The van der Waals surface area contributed by atoms with Crippen LogP contribution in [0, 0.1) is 20.8 Å². The Morgan fingerprint density at radius 2 is 1.61 bits per heavy atom. The lowest BCUT2D eigenvalue weighted by atomic mass is 10.1. The number of rotatable bonds is 4. The normalized spacial score (nSPS) is 11.7. The molecule has 0 fully saturated rings. The van der Waals surface area contributed by atoms with Crippen molar-refractivity contribution in [2.24, 2.45) is 0 Å². The van der Waals surface area contributed by atoms with Crippen LogP contribution in [0.3, 0.4) is 0 Å². The maximum Gasteiger partial charge on any atom is 0.262 e. The van der Waals surface area contributed by atoms with Gasteiger partial charge in [0.1, 0.15) is 5.65 Å². The SMILES string of the molecule is Cc1ccc(S(=O)(=O)Nc2ccc(-c3cn4ccc(C)cc4n3)cc2)c(C)c1. The maximum atomic E-state index is 12.7. The van der Waals surface area contributed by atoms with E-state index >= 15 is 0 Å². The fourth-order valence-electron chi connectivity index (χ4n) is 3.24. The third-order valence-corrected chi connectivity index (χ3v) is 6.21. The zero-order chi connectivity index (χ0) is 19.9. The summed E-state index contributed by atoms with van der Waals surface area (Å²) < 4.78 is 30.0. The molecule has 0 bridgehead atoms. The van der Waals surface area contributed by atoms with Gasteiger partial charge in [-0.1, -0.05) is 29.8 Å². The molecule has 6 heteroatoms. The van der Waals surface area contributed by atoms with Gasteiger partial charge >= 0.3 is 0 Å². The van der Waals surface area contributed by atoms with Crippen LogP contribution >= 0.6 is 0 Å². The predicted octanol–water partition coefficient (Wildman–Crippen LogP) is 4.73. The molecule has 2 aromatic heterocycles. The van der Waals surface area contributed by atoms with E-state index < -0.39 is 10.0 Å². The van der Waals surface area contributed by atoms with Gasteiger partial charge in [-0.05, 0) is 62.2 Å². The highest BCUT2D eigenvalue weighted by atomic mass is 32.2. The maximum absolute atomic E-state index is 12.7. The molecule has 28 heavy (non-hydrogen) atoms. The average molecular weight is 391 g/mol. The molecule has 4 rings (SSSR count). The molecule has 2 aromatic carbocycles. The Morgan fingerprint density at radius 1 is 0.893 bits per heavy atom. The zero-order valence-electron chi connectivity index (χ0n) is 16.0. The lowest BCUT2D eigenvalue weighted by molar-refractivity contribution is 0.600. The van der Waals surface area contributed by atoms with Crippen LogP contribution in [-0.4, -0.2) is 17.8 Å². The molecule has 1 N–H and O–H groups in total. The molecular weight excluding hydrogens is 370 g/mol. The van der Waals surface area contributed by atoms with Crippen LogP contribution in [0.2, 0.25) is 0 Å². The first-order valence-corrected chi connectivity index (χ1v) is 10.5. The van der Waals surface area contributed by atoms with Crippen LogP contribution in [0.1, 0.15) is 16.7 Å². The number of imidazole rings is 1. The van der Waals surface area contributed by atoms with E-state index in [0.29, 0.717) is 5.69 Å². The number of fused-ring (bicyclic) bond motifs is 1. The van der Waals surface area contributed by atoms with E-state index in [1.54, 1.807) is 31.2 Å². The molecule has 142 valence electrons. The third kappa shape index (κ3) is 3.51. The van der Waals surface area contributed by atoms with E-state index in [1.807, 2.05) is 61.0 Å². The van der Waals surface area contributed by atoms with Gasteiger partial charge in [-0.15, -0.1) is 0 Å². The Hall–Kier alpha value is -3.12. The number of anilines is 1. The molecule has 0 unspecified atom stereocenters. The lowest BCUT2D eigenvalue weighted by Crippen LogP contribution is -2.14. The van der Waals surface area contributed by atoms with Crippen molar-refractivity contribution < 1.29 is 8.42 Å². The van der Waals surface area contributed by atoms with Crippen molar-refractivity contribution in [3.05, 3.63) is 83.7 Å². The lowest BCUT2D eigenvalue weighted by Gasteiger charge is -2.11. The second-order valence-corrected chi connectivity index (χ2v) is 8.70. The molecule has 0 saturated carbocycles. The molecule has 4 aromatic rings. The van der Waals surface area contributed by atoms with Crippen LogP contribution < -0.4 is 4.72 Å². The van der Waals surface area contributed by atoms with E-state index in [-0.39, 0.29) is 4.90 Å². The van der Waals surface area contributed by atoms with Crippen LogP contribution in [0.15, 0.2) is 71.9 Å². The van der Waals surface area contributed by atoms with Crippen molar-refractivity contribution in [3.8, 4) is 11.3 Å². The number of nitrogens with zero attached hydrogens (tertiary/aromatic N) is 2. The fraction of sp³-hybridized carbons (Fsp3) is 0.136. The van der Waals surface area contributed by atoms with Crippen molar-refractivity contribution in [2.45, 2.75) is 25.7 Å². The van der Waals surface area contributed by atoms with Gasteiger partial charge in [0.15, 0.2) is 0 Å². The second-order valence-electron chi connectivity index (χ2n) is 7.05. The number of sulfonamides is 1. The highest BCUT2D eigenvalue weighted by Gasteiger charge is 2.17. The van der Waals surface area contributed by atoms with E-state index in [2.05, 4.69) is 9.71 Å². The van der Waals surface area contributed by atoms with Gasteiger partial charge in [0.2, 0.25) is 0 Å². The van der Waals surface area contributed by atoms with Crippen molar-refractivity contribution in [2.75, 3.05) is 4.72 Å². The standard InChI is InChI=1S/C22H21N3O2S/c1-15-4-9-21(17(3)12-15)28(26,27)24-19-7-5-18(6-8-19)20-14-25-11-10-16(2)13-22(25)23-20/h4-14,24H,1-3H3. The number of nitrogens with one attached hydrogen (secondary N) is 1. The van der Waals surface area contributed by atoms with Gasteiger partial charge in [-0.2, -0.15) is 0 Å². The summed E-state index contributed by atoms with van der Waals surface area (Å²) >= 11 is 0. The minimum absolute atomic E-state index is 0.290. The Bertz CT molecular complexity index is 1270. The summed E-state index contributed by atoms with van der Waals surface area (Å²) in [7, 11) is -3.63. The summed E-state index contributed by atoms with van der Waals surface area (Å²) in [5.41, 5.74) is 6.08. The van der Waals surface area contributed by atoms with Crippen molar-refractivity contribution in [1.29, 1.82) is 0 Å². The van der Waals surface area contributed by atoms with E-state index in [1.165, 1.54) is 0 Å². The Labute approximate surface area is 164 Å². The van der Waals surface area contributed by atoms with E-state index in [4.69, 9.17) is 0 Å². The minimum Gasteiger partial charge on any atom is -0.306 e. The minimum atomic E-state index is -3.63. The molecule has 0 atom stereocenters. The molecule has 5 nitrogen and oxygen atoms in total. The summed E-state index contributed by atoms with van der Waals surface area (Å²) in [6, 6.07) is 16.6. The number of aryl methyl sites for hydroxylation is 3. The molecule has 0 spiro atoms. The average Bonchev–Trinajstić information content (AvgIpc) is 3.04. The van der Waals surface area contributed by atoms with Crippen LogP contribution in [-0.2, 0) is 10.0 Å². The third-order valence-electron chi connectivity index (χ3n) is 4.67. The summed E-state index contributed by atoms with van der Waals surface area (Å²) in [6.07, 6.45) is 3.94. The van der Waals surface area contributed by atoms with E-state index in [9.17, 15) is 8.42 Å². The van der Waals surface area contributed by atoms with Crippen LogP contribution in [0.25, 0.3) is 16.9 Å². The molecule has 0 saturated heterocycles. The highest BCUT2D eigenvalue weighted by Crippen LogP contribution is 2.24. The Kier molecular flexibility index (Phi) is 4.43. The van der Waals surface area contributed by atoms with E-state index in [0.717, 1.165) is 33.6 Å². The Morgan fingerprint density at radius 3 is 2.32 bits per heavy atom. The molecule has 0 radical (unpaired) electrons. The monoisotopic (exact) mass is 391 g/mol. The zero-order valence-corrected chi connectivity index (χ0v) is 16.8. The van der Waals surface area contributed by atoms with Gasteiger partial charge < -0.3 is 4.40 Å². The summed E-state index contributed by atoms with van der Waals surface area (Å²) in [6.45, 7) is 5.77. The predicted molar refractivity (Wildman–Crippen MR) is 112 cm³/mol. The summed E-state index contributed by atoms with van der Waals surface area (Å²) in [5, 5.41) is 0. The first-order valence-electron chi connectivity index (χ1n) is 8.98. The van der Waals surface area contributed by atoms with Gasteiger partial charge in [-0.3, -0.25) is 4.72 Å². The Balaban J connectivity index is 1.60. The fourth-order valence-corrected chi connectivity index (χ4v) is 4.53. The van der Waals surface area contributed by atoms with Crippen LogP contribution in [0.4, 0.5) is 5.69 Å². The summed E-state index contributed by atoms with van der Waals surface area (Å²) in [5.74, 6) is 0. The molecule has 0 aliphatic heterocycles. The van der Waals surface area contributed by atoms with Gasteiger partial charge in [0.05, 0.1) is 10.6 Å². The molecular formula is C22H21N3O2S. The van der Waals surface area contributed by atoms with Gasteiger partial charge in [-0.25, -0.2) is 13.4 Å².